The Morgan fingerprint density at radius 2 is 1.87 bits per heavy atom. The van der Waals surface area contributed by atoms with E-state index < -0.39 is 0 Å². The number of esters is 1. The third-order valence-corrected chi connectivity index (χ3v) is 5.09. The van der Waals surface area contributed by atoms with Crippen LogP contribution in [0.2, 0.25) is 0 Å². The summed E-state index contributed by atoms with van der Waals surface area (Å²) >= 11 is 0. The highest BCUT2D eigenvalue weighted by molar-refractivity contribution is 5.72. The zero-order chi connectivity index (χ0) is 16.1. The lowest BCUT2D eigenvalue weighted by molar-refractivity contribution is -0.285. The molecule has 0 radical (unpaired) electrons. The number of carbonyl (C=O) groups is 1. The smallest absolute Gasteiger partial charge is 0.308 e. The van der Waals surface area contributed by atoms with E-state index >= 15 is 0 Å². The van der Waals surface area contributed by atoms with Crippen molar-refractivity contribution >= 4 is 5.97 Å². The lowest BCUT2D eigenvalue weighted by Gasteiger charge is -2.37. The molecule has 6 heteroatoms. The molecule has 1 unspecified atom stereocenters. The van der Waals surface area contributed by atoms with Crippen LogP contribution in [0.25, 0.3) is 0 Å². The summed E-state index contributed by atoms with van der Waals surface area (Å²) in [5.41, 5.74) is 0. The van der Waals surface area contributed by atoms with Gasteiger partial charge in [-0.05, 0) is 51.9 Å². The Hall–Kier alpha value is -0.690. The molecule has 0 N–H and O–H groups in total. The number of hydrogen-bond acceptors (Lipinski definition) is 6. The maximum Gasteiger partial charge on any atom is 0.308 e. The van der Waals surface area contributed by atoms with E-state index in [0.29, 0.717) is 6.61 Å². The van der Waals surface area contributed by atoms with Crippen molar-refractivity contribution in [1.29, 1.82) is 0 Å². The molecular weight excluding hydrogens is 296 g/mol. The van der Waals surface area contributed by atoms with E-state index in [0.717, 1.165) is 58.3 Å². The highest BCUT2D eigenvalue weighted by Crippen LogP contribution is 2.30. The van der Waals surface area contributed by atoms with E-state index in [1.165, 1.54) is 12.8 Å². The van der Waals surface area contributed by atoms with Gasteiger partial charge in [-0.3, -0.25) is 14.5 Å². The van der Waals surface area contributed by atoms with Crippen molar-refractivity contribution < 1.29 is 19.1 Å². The monoisotopic (exact) mass is 326 g/mol. The SMILES string of the molecule is CCOC(=O)[C@H]1CC[C@H](OC(N2CCCC2)N2CCCO2)CC1. The third kappa shape index (κ3) is 4.44. The van der Waals surface area contributed by atoms with E-state index in [2.05, 4.69) is 4.90 Å². The fourth-order valence-corrected chi connectivity index (χ4v) is 3.81. The van der Waals surface area contributed by atoms with Crippen LogP contribution in [0, 0.1) is 5.92 Å². The Morgan fingerprint density at radius 1 is 1.13 bits per heavy atom. The van der Waals surface area contributed by atoms with Gasteiger partial charge in [0.1, 0.15) is 0 Å². The molecule has 0 amide bonds. The molecule has 2 saturated heterocycles. The molecule has 2 heterocycles. The van der Waals surface area contributed by atoms with Gasteiger partial charge in [-0.15, -0.1) is 5.06 Å². The van der Waals surface area contributed by atoms with Crippen LogP contribution >= 0.6 is 0 Å². The molecule has 3 aliphatic rings. The molecule has 0 aromatic carbocycles. The number of rotatable bonds is 6. The van der Waals surface area contributed by atoms with Crippen LogP contribution in [0.15, 0.2) is 0 Å². The normalized spacial score (nSPS) is 31.3. The van der Waals surface area contributed by atoms with Gasteiger partial charge in [0.15, 0.2) is 6.35 Å². The summed E-state index contributed by atoms with van der Waals surface area (Å²) in [6, 6.07) is 0. The summed E-state index contributed by atoms with van der Waals surface area (Å²) in [7, 11) is 0. The summed E-state index contributed by atoms with van der Waals surface area (Å²) < 4.78 is 11.6. The van der Waals surface area contributed by atoms with Crippen LogP contribution < -0.4 is 0 Å². The van der Waals surface area contributed by atoms with Crippen molar-refractivity contribution in [2.24, 2.45) is 5.92 Å². The number of carbonyl (C=O) groups excluding carboxylic acids is 1. The average molecular weight is 326 g/mol. The lowest BCUT2D eigenvalue weighted by Crippen LogP contribution is -2.49. The summed E-state index contributed by atoms with van der Waals surface area (Å²) in [5, 5.41) is 2.02. The Bertz CT molecular complexity index is 357. The van der Waals surface area contributed by atoms with Crippen LogP contribution in [0.3, 0.4) is 0 Å². The second-order valence-corrected chi connectivity index (χ2v) is 6.76. The maximum absolute atomic E-state index is 11.8. The first-order valence-electron chi connectivity index (χ1n) is 9.23. The number of likely N-dealkylation sites (tertiary alicyclic amines) is 1. The quantitative estimate of drug-likeness (QED) is 0.697. The maximum atomic E-state index is 11.8. The van der Waals surface area contributed by atoms with Crippen molar-refractivity contribution in [1.82, 2.24) is 9.96 Å². The van der Waals surface area contributed by atoms with Gasteiger partial charge in [-0.1, -0.05) is 0 Å². The van der Waals surface area contributed by atoms with Crippen molar-refractivity contribution in [3.8, 4) is 0 Å². The third-order valence-electron chi connectivity index (χ3n) is 5.09. The summed E-state index contributed by atoms with van der Waals surface area (Å²) in [6.07, 6.45) is 7.33. The zero-order valence-electron chi connectivity index (χ0n) is 14.2. The lowest BCUT2D eigenvalue weighted by atomic mass is 9.87. The first kappa shape index (κ1) is 17.1. The highest BCUT2D eigenvalue weighted by atomic mass is 16.7. The first-order chi connectivity index (χ1) is 11.3. The predicted molar refractivity (Wildman–Crippen MR) is 85.3 cm³/mol. The van der Waals surface area contributed by atoms with E-state index in [4.69, 9.17) is 14.3 Å². The van der Waals surface area contributed by atoms with Gasteiger partial charge in [0.2, 0.25) is 0 Å². The van der Waals surface area contributed by atoms with Crippen LogP contribution in [0.5, 0.6) is 0 Å². The average Bonchev–Trinajstić information content (AvgIpc) is 3.27. The minimum Gasteiger partial charge on any atom is -0.466 e. The Kier molecular flexibility index (Phi) is 6.28. The molecule has 0 aromatic rings. The molecule has 3 fully saturated rings. The van der Waals surface area contributed by atoms with Gasteiger partial charge in [0, 0.05) is 19.6 Å². The predicted octanol–water partition coefficient (Wildman–Crippen LogP) is 2.14. The molecule has 1 atom stereocenters. The van der Waals surface area contributed by atoms with E-state index in [1.54, 1.807) is 0 Å². The van der Waals surface area contributed by atoms with Crippen molar-refractivity contribution in [2.75, 3.05) is 32.8 Å². The van der Waals surface area contributed by atoms with Crippen LogP contribution in [0.4, 0.5) is 0 Å². The molecule has 1 aliphatic carbocycles. The Labute approximate surface area is 139 Å². The molecular formula is C17H30N2O4. The minimum absolute atomic E-state index is 0.0371. The molecule has 0 spiro atoms. The van der Waals surface area contributed by atoms with E-state index in [-0.39, 0.29) is 24.3 Å². The number of hydroxylamine groups is 2. The molecule has 132 valence electrons. The zero-order valence-corrected chi connectivity index (χ0v) is 14.2. The van der Waals surface area contributed by atoms with Gasteiger partial charge >= 0.3 is 5.97 Å². The summed E-state index contributed by atoms with van der Waals surface area (Å²) in [6.45, 7) is 6.25. The van der Waals surface area contributed by atoms with E-state index in [9.17, 15) is 4.79 Å². The topological polar surface area (TPSA) is 51.2 Å². The van der Waals surface area contributed by atoms with Gasteiger partial charge in [-0.2, -0.15) is 0 Å². The number of ether oxygens (including phenoxy) is 2. The Balaban J connectivity index is 1.51. The standard InChI is InChI=1S/C17H30N2O4/c1-2-21-16(20)14-6-8-15(9-7-14)23-17(18-10-3-4-11-18)19-12-5-13-22-19/h14-15,17H,2-13H2,1H3/t14-,15-,17?. The molecule has 0 bridgehead atoms. The van der Waals surface area contributed by atoms with Gasteiger partial charge < -0.3 is 9.47 Å². The molecule has 2 aliphatic heterocycles. The van der Waals surface area contributed by atoms with Crippen LogP contribution in [-0.2, 0) is 19.1 Å². The molecule has 1 saturated carbocycles. The molecule has 6 nitrogen and oxygen atoms in total. The fourth-order valence-electron chi connectivity index (χ4n) is 3.81. The fraction of sp³-hybridized carbons (Fsp3) is 0.941. The van der Waals surface area contributed by atoms with Crippen LogP contribution in [0.1, 0.15) is 51.9 Å². The summed E-state index contributed by atoms with van der Waals surface area (Å²) in [5.74, 6) is 0.0213. The number of hydrogen-bond donors (Lipinski definition) is 0. The van der Waals surface area contributed by atoms with Crippen molar-refractivity contribution in [2.45, 2.75) is 64.3 Å². The minimum atomic E-state index is -0.0517. The van der Waals surface area contributed by atoms with Crippen molar-refractivity contribution in [3.05, 3.63) is 0 Å². The summed E-state index contributed by atoms with van der Waals surface area (Å²) in [4.78, 5) is 20.0. The van der Waals surface area contributed by atoms with Crippen molar-refractivity contribution in [3.63, 3.8) is 0 Å². The highest BCUT2D eigenvalue weighted by Gasteiger charge is 2.35. The van der Waals surface area contributed by atoms with Crippen LogP contribution in [-0.4, -0.2) is 61.2 Å². The van der Waals surface area contributed by atoms with Gasteiger partial charge in [0.05, 0.1) is 25.2 Å². The van der Waals surface area contributed by atoms with Gasteiger partial charge in [0.25, 0.3) is 0 Å². The molecule has 0 aromatic heterocycles. The second-order valence-electron chi connectivity index (χ2n) is 6.76. The largest absolute Gasteiger partial charge is 0.466 e. The van der Waals surface area contributed by atoms with E-state index in [1.807, 2.05) is 12.0 Å². The molecule has 3 rings (SSSR count). The molecule has 23 heavy (non-hydrogen) atoms. The Morgan fingerprint density at radius 3 is 2.48 bits per heavy atom. The first-order valence-corrected chi connectivity index (χ1v) is 9.23. The second kappa shape index (κ2) is 8.42. The number of nitrogens with zero attached hydrogens (tertiary/aromatic N) is 2. The van der Waals surface area contributed by atoms with Gasteiger partial charge in [-0.25, -0.2) is 0 Å².